The normalized spacial score (nSPS) is 10.4. The predicted octanol–water partition coefficient (Wildman–Crippen LogP) is 4.12. The second kappa shape index (κ2) is 13.4. The van der Waals surface area contributed by atoms with Gasteiger partial charge in [0.15, 0.2) is 6.61 Å². The Labute approximate surface area is 216 Å². The third kappa shape index (κ3) is 8.73. The topological polar surface area (TPSA) is 118 Å². The number of hydrogen-bond donors (Lipinski definition) is 3. The molecule has 0 spiro atoms. The Kier molecular flexibility index (Phi) is 9.78. The first-order chi connectivity index (χ1) is 17.4. The fourth-order valence-corrected chi connectivity index (χ4v) is 3.02. The maximum atomic E-state index is 12.1. The van der Waals surface area contributed by atoms with E-state index in [4.69, 9.17) is 9.47 Å². The van der Waals surface area contributed by atoms with Crippen LogP contribution in [0, 0.1) is 0 Å². The third-order valence-corrected chi connectivity index (χ3v) is 4.95. The number of halogens is 1. The van der Waals surface area contributed by atoms with Crippen molar-refractivity contribution in [3.05, 3.63) is 95.5 Å². The molecule has 3 rings (SSSR count). The van der Waals surface area contributed by atoms with Crippen LogP contribution < -0.4 is 25.5 Å². The van der Waals surface area contributed by atoms with Gasteiger partial charge in [-0.3, -0.25) is 14.4 Å². The Hall–Kier alpha value is -4.44. The first kappa shape index (κ1) is 26.2. The molecule has 0 aliphatic heterocycles. The van der Waals surface area contributed by atoms with Gasteiger partial charge in [-0.1, -0.05) is 40.7 Å². The number of ether oxygens (including phenoxy) is 2. The number of hydrogen-bond acceptors (Lipinski definition) is 6. The molecule has 0 fully saturated rings. The van der Waals surface area contributed by atoms with E-state index in [1.807, 2.05) is 12.1 Å². The van der Waals surface area contributed by atoms with Crippen LogP contribution in [0.4, 0.5) is 11.4 Å². The molecular formula is C26H23BrN4O5. The van der Waals surface area contributed by atoms with E-state index in [2.05, 4.69) is 43.7 Å². The molecule has 3 aromatic rings. The molecule has 9 nitrogen and oxygen atoms in total. The number of anilines is 2. The van der Waals surface area contributed by atoms with Crippen molar-refractivity contribution in [2.45, 2.75) is 0 Å². The molecule has 0 unspecified atom stereocenters. The molecule has 0 aliphatic rings. The van der Waals surface area contributed by atoms with E-state index in [9.17, 15) is 14.4 Å². The van der Waals surface area contributed by atoms with Gasteiger partial charge in [0, 0.05) is 15.8 Å². The Balaban J connectivity index is 1.45. The van der Waals surface area contributed by atoms with E-state index in [1.165, 1.54) is 6.21 Å². The lowest BCUT2D eigenvalue weighted by Gasteiger charge is -2.08. The van der Waals surface area contributed by atoms with Crippen LogP contribution in [0.5, 0.6) is 11.5 Å². The van der Waals surface area contributed by atoms with Gasteiger partial charge < -0.3 is 20.1 Å². The zero-order valence-corrected chi connectivity index (χ0v) is 20.7. The Morgan fingerprint density at radius 3 is 2.28 bits per heavy atom. The van der Waals surface area contributed by atoms with E-state index >= 15 is 0 Å². The van der Waals surface area contributed by atoms with Crippen molar-refractivity contribution in [1.29, 1.82) is 0 Å². The number of amides is 3. The minimum atomic E-state index is -0.935. The molecule has 3 amide bonds. The second-order valence-corrected chi connectivity index (χ2v) is 8.11. The highest BCUT2D eigenvalue weighted by Crippen LogP contribution is 2.16. The molecule has 0 radical (unpaired) electrons. The number of benzene rings is 3. The first-order valence-corrected chi connectivity index (χ1v) is 11.5. The molecular weight excluding hydrogens is 528 g/mol. The van der Waals surface area contributed by atoms with Crippen molar-refractivity contribution >= 4 is 51.2 Å². The summed E-state index contributed by atoms with van der Waals surface area (Å²) in [5, 5.41) is 9.00. The predicted molar refractivity (Wildman–Crippen MR) is 141 cm³/mol. The van der Waals surface area contributed by atoms with Gasteiger partial charge in [-0.15, -0.1) is 0 Å². The quantitative estimate of drug-likeness (QED) is 0.152. The molecule has 0 aliphatic carbocycles. The van der Waals surface area contributed by atoms with Crippen LogP contribution in [0.2, 0.25) is 0 Å². The summed E-state index contributed by atoms with van der Waals surface area (Å²) in [5.41, 5.74) is 3.84. The molecule has 3 aromatic carbocycles. The first-order valence-electron chi connectivity index (χ1n) is 10.7. The van der Waals surface area contributed by atoms with Gasteiger partial charge in [-0.05, 0) is 66.2 Å². The van der Waals surface area contributed by atoms with Gasteiger partial charge in [0.1, 0.15) is 18.1 Å². The number of carbonyl (C=O) groups excluding carboxylic acids is 3. The highest BCUT2D eigenvalue weighted by molar-refractivity contribution is 9.10. The molecule has 36 heavy (non-hydrogen) atoms. The summed E-state index contributed by atoms with van der Waals surface area (Å²) in [5.74, 6) is -1.07. The van der Waals surface area contributed by atoms with E-state index < -0.39 is 11.8 Å². The molecule has 3 N–H and O–H groups in total. The number of carbonyl (C=O) groups is 3. The lowest BCUT2D eigenvalue weighted by Crippen LogP contribution is -2.32. The van der Waals surface area contributed by atoms with Crippen molar-refractivity contribution in [3.63, 3.8) is 0 Å². The van der Waals surface area contributed by atoms with Gasteiger partial charge in [-0.25, -0.2) is 5.43 Å². The van der Waals surface area contributed by atoms with Crippen LogP contribution in [0.1, 0.15) is 5.56 Å². The number of nitrogens with one attached hydrogen (secondary N) is 3. The van der Waals surface area contributed by atoms with Crippen LogP contribution in [0.15, 0.2) is 95.0 Å². The third-order valence-electron chi connectivity index (χ3n) is 4.42. The van der Waals surface area contributed by atoms with Crippen LogP contribution >= 0.6 is 15.9 Å². The van der Waals surface area contributed by atoms with Gasteiger partial charge in [0.05, 0.1) is 6.21 Å². The van der Waals surface area contributed by atoms with Crippen molar-refractivity contribution in [2.24, 2.45) is 5.10 Å². The number of hydrazone groups is 1. The van der Waals surface area contributed by atoms with Crippen molar-refractivity contribution in [1.82, 2.24) is 5.43 Å². The zero-order chi connectivity index (χ0) is 25.8. The monoisotopic (exact) mass is 550 g/mol. The van der Waals surface area contributed by atoms with Gasteiger partial charge >= 0.3 is 11.8 Å². The fraction of sp³-hybridized carbons (Fsp3) is 0.0769. The summed E-state index contributed by atoms with van der Waals surface area (Å²) < 4.78 is 11.8. The lowest BCUT2D eigenvalue weighted by atomic mass is 10.2. The number of rotatable bonds is 10. The standard InChI is InChI=1S/C26H23BrN4O5/c1-2-14-35-22-12-10-21(11-13-22)30-25(33)26(34)31-28-16-18-4-3-5-23(15-18)36-17-24(32)29-20-8-6-19(27)7-9-20/h2-13,15-16H,1,14,17H2,(H,29,32)(H,30,33)(H,31,34)/b28-16-. The molecule has 0 saturated heterocycles. The van der Waals surface area contributed by atoms with Crippen LogP contribution in [-0.2, 0) is 14.4 Å². The summed E-state index contributed by atoms with van der Waals surface area (Å²) >= 11 is 3.34. The Bertz CT molecular complexity index is 1240. The summed E-state index contributed by atoms with van der Waals surface area (Å²) in [6.45, 7) is 3.75. The van der Waals surface area contributed by atoms with Gasteiger partial charge in [0.2, 0.25) is 0 Å². The largest absolute Gasteiger partial charge is 0.490 e. The molecule has 184 valence electrons. The highest BCUT2D eigenvalue weighted by atomic mass is 79.9. The maximum absolute atomic E-state index is 12.1. The molecule has 0 aromatic heterocycles. The Morgan fingerprint density at radius 1 is 0.861 bits per heavy atom. The summed E-state index contributed by atoms with van der Waals surface area (Å²) in [7, 11) is 0. The summed E-state index contributed by atoms with van der Waals surface area (Å²) in [4.78, 5) is 36.2. The summed E-state index contributed by atoms with van der Waals surface area (Å²) in [6.07, 6.45) is 2.97. The SMILES string of the molecule is C=CCOc1ccc(NC(=O)C(=O)N/N=C\c2cccc(OCC(=O)Nc3ccc(Br)cc3)c2)cc1. The van der Waals surface area contributed by atoms with Crippen molar-refractivity contribution < 1.29 is 23.9 Å². The Morgan fingerprint density at radius 2 is 1.56 bits per heavy atom. The average molecular weight is 551 g/mol. The zero-order valence-electron chi connectivity index (χ0n) is 19.1. The molecule has 0 heterocycles. The van der Waals surface area contributed by atoms with Gasteiger partial charge in [0.25, 0.3) is 5.91 Å². The molecule has 0 saturated carbocycles. The number of nitrogens with zero attached hydrogens (tertiary/aromatic N) is 1. The highest BCUT2D eigenvalue weighted by Gasteiger charge is 2.13. The van der Waals surface area contributed by atoms with Crippen molar-refractivity contribution in [3.8, 4) is 11.5 Å². The van der Waals surface area contributed by atoms with E-state index in [0.717, 1.165) is 4.47 Å². The second-order valence-electron chi connectivity index (χ2n) is 7.19. The smallest absolute Gasteiger partial charge is 0.329 e. The van der Waals surface area contributed by atoms with Gasteiger partial charge in [-0.2, -0.15) is 5.10 Å². The molecule has 0 bridgehead atoms. The minimum Gasteiger partial charge on any atom is -0.490 e. The average Bonchev–Trinajstić information content (AvgIpc) is 2.88. The summed E-state index contributed by atoms with van der Waals surface area (Å²) in [6, 6.07) is 20.5. The van der Waals surface area contributed by atoms with Crippen LogP contribution in [0.25, 0.3) is 0 Å². The minimum absolute atomic E-state index is 0.186. The maximum Gasteiger partial charge on any atom is 0.329 e. The van der Waals surface area contributed by atoms with E-state index in [1.54, 1.807) is 66.7 Å². The van der Waals surface area contributed by atoms with E-state index in [0.29, 0.717) is 35.0 Å². The lowest BCUT2D eigenvalue weighted by molar-refractivity contribution is -0.136. The van der Waals surface area contributed by atoms with Crippen molar-refractivity contribution in [2.75, 3.05) is 23.8 Å². The van der Waals surface area contributed by atoms with Crippen LogP contribution in [0.3, 0.4) is 0 Å². The van der Waals surface area contributed by atoms with Crippen LogP contribution in [-0.4, -0.2) is 37.1 Å². The molecule has 0 atom stereocenters. The van der Waals surface area contributed by atoms with E-state index in [-0.39, 0.29) is 12.5 Å². The molecule has 10 heteroatoms. The fourth-order valence-electron chi connectivity index (χ4n) is 2.76.